The smallest absolute Gasteiger partial charge is 0.222 e. The molecule has 0 bridgehead atoms. The van der Waals surface area contributed by atoms with Crippen LogP contribution in [0.4, 0.5) is 0 Å². The van der Waals surface area contributed by atoms with Crippen LogP contribution in [-0.4, -0.2) is 28.9 Å². The van der Waals surface area contributed by atoms with Crippen molar-refractivity contribution in [1.82, 2.24) is 10.1 Å². The Bertz CT molecular complexity index is 325. The van der Waals surface area contributed by atoms with Gasteiger partial charge in [0.2, 0.25) is 5.91 Å². The third-order valence-corrected chi connectivity index (χ3v) is 2.29. The van der Waals surface area contributed by atoms with E-state index >= 15 is 0 Å². The van der Waals surface area contributed by atoms with E-state index in [4.69, 9.17) is 16.1 Å². The van der Waals surface area contributed by atoms with Crippen molar-refractivity contribution in [2.24, 2.45) is 0 Å². The van der Waals surface area contributed by atoms with E-state index in [2.05, 4.69) is 5.16 Å². The van der Waals surface area contributed by atoms with Crippen LogP contribution in [-0.2, 0) is 11.3 Å². The second kappa shape index (κ2) is 5.75. The van der Waals surface area contributed by atoms with Gasteiger partial charge in [-0.15, -0.1) is 11.6 Å². The molecular formula is C10H15ClN2O2. The van der Waals surface area contributed by atoms with Gasteiger partial charge in [-0.3, -0.25) is 4.79 Å². The summed E-state index contributed by atoms with van der Waals surface area (Å²) in [6.07, 6.45) is 1.19. The first kappa shape index (κ1) is 12.0. The largest absolute Gasteiger partial charge is 0.361 e. The summed E-state index contributed by atoms with van der Waals surface area (Å²) in [7, 11) is 1.75. The molecule has 1 aromatic rings. The minimum absolute atomic E-state index is 0.0799. The molecule has 0 atom stereocenters. The van der Waals surface area contributed by atoms with E-state index in [9.17, 15) is 4.79 Å². The summed E-state index contributed by atoms with van der Waals surface area (Å²) < 4.78 is 4.92. The van der Waals surface area contributed by atoms with Crippen molar-refractivity contribution in [3.63, 3.8) is 0 Å². The number of amides is 1. The molecule has 0 fully saturated rings. The van der Waals surface area contributed by atoms with Crippen molar-refractivity contribution in [2.75, 3.05) is 12.9 Å². The predicted molar refractivity (Wildman–Crippen MR) is 57.7 cm³/mol. The van der Waals surface area contributed by atoms with E-state index < -0.39 is 0 Å². The van der Waals surface area contributed by atoms with E-state index in [0.29, 0.717) is 25.3 Å². The van der Waals surface area contributed by atoms with Crippen LogP contribution in [0, 0.1) is 6.92 Å². The Morgan fingerprint density at radius 1 is 1.67 bits per heavy atom. The summed E-state index contributed by atoms with van der Waals surface area (Å²) in [5.41, 5.74) is 0.772. The Morgan fingerprint density at radius 2 is 2.40 bits per heavy atom. The lowest BCUT2D eigenvalue weighted by molar-refractivity contribution is -0.130. The average molecular weight is 231 g/mol. The highest BCUT2D eigenvalue weighted by Crippen LogP contribution is 2.06. The maximum absolute atomic E-state index is 11.5. The van der Waals surface area contributed by atoms with Crippen LogP contribution >= 0.6 is 11.6 Å². The molecular weight excluding hydrogens is 216 g/mol. The van der Waals surface area contributed by atoms with Gasteiger partial charge >= 0.3 is 0 Å². The van der Waals surface area contributed by atoms with E-state index in [-0.39, 0.29) is 5.91 Å². The van der Waals surface area contributed by atoms with E-state index in [1.807, 2.05) is 13.0 Å². The number of aryl methyl sites for hydroxylation is 1. The van der Waals surface area contributed by atoms with Crippen LogP contribution in [0.25, 0.3) is 0 Å². The van der Waals surface area contributed by atoms with Gasteiger partial charge in [0.15, 0.2) is 0 Å². The predicted octanol–water partition coefficient (Wildman–Crippen LogP) is 1.96. The molecule has 1 rings (SSSR count). The highest BCUT2D eigenvalue weighted by molar-refractivity contribution is 6.17. The number of hydrogen-bond acceptors (Lipinski definition) is 3. The molecule has 0 aromatic carbocycles. The number of aromatic nitrogens is 1. The number of alkyl halides is 1. The topological polar surface area (TPSA) is 46.3 Å². The summed E-state index contributed by atoms with van der Waals surface area (Å²) in [5, 5.41) is 3.82. The third-order valence-electron chi connectivity index (χ3n) is 2.03. The zero-order valence-corrected chi connectivity index (χ0v) is 9.75. The number of rotatable bonds is 5. The molecule has 1 amide bonds. The first-order valence-electron chi connectivity index (χ1n) is 4.85. The number of carbonyl (C=O) groups is 1. The molecule has 0 radical (unpaired) electrons. The number of nitrogens with zero attached hydrogens (tertiary/aromatic N) is 2. The molecule has 0 saturated heterocycles. The summed E-state index contributed by atoms with van der Waals surface area (Å²) >= 11 is 5.52. The number of hydrogen-bond donors (Lipinski definition) is 0. The Labute approximate surface area is 94.2 Å². The van der Waals surface area contributed by atoms with Gasteiger partial charge in [-0.05, 0) is 13.3 Å². The molecule has 84 valence electrons. The standard InChI is InChI=1S/C10H15ClN2O2/c1-8-6-9(12-15-8)7-13(2)10(14)4-3-5-11/h6H,3-5,7H2,1-2H3. The monoisotopic (exact) mass is 230 g/mol. The van der Waals surface area contributed by atoms with Crippen molar-refractivity contribution in [3.05, 3.63) is 17.5 Å². The highest BCUT2D eigenvalue weighted by Gasteiger charge is 2.10. The molecule has 1 aromatic heterocycles. The van der Waals surface area contributed by atoms with Crippen molar-refractivity contribution in [1.29, 1.82) is 0 Å². The highest BCUT2D eigenvalue weighted by atomic mass is 35.5. The van der Waals surface area contributed by atoms with Crippen molar-refractivity contribution in [2.45, 2.75) is 26.3 Å². The van der Waals surface area contributed by atoms with Gasteiger partial charge < -0.3 is 9.42 Å². The maximum Gasteiger partial charge on any atom is 0.222 e. The van der Waals surface area contributed by atoms with Crippen LogP contribution in [0.1, 0.15) is 24.3 Å². The van der Waals surface area contributed by atoms with Crippen LogP contribution in [0.15, 0.2) is 10.6 Å². The number of carbonyl (C=O) groups excluding carboxylic acids is 1. The summed E-state index contributed by atoms with van der Waals surface area (Å²) in [5.74, 6) is 1.35. The van der Waals surface area contributed by atoms with Crippen LogP contribution in [0.5, 0.6) is 0 Å². The normalized spacial score (nSPS) is 10.3. The summed E-state index contributed by atoms with van der Waals surface area (Å²) in [4.78, 5) is 13.2. The molecule has 5 heteroatoms. The molecule has 4 nitrogen and oxygen atoms in total. The molecule has 0 unspecified atom stereocenters. The second-order valence-electron chi connectivity index (χ2n) is 3.47. The van der Waals surface area contributed by atoms with Gasteiger partial charge in [0.25, 0.3) is 0 Å². The quantitative estimate of drug-likeness (QED) is 0.727. The van der Waals surface area contributed by atoms with Crippen molar-refractivity contribution >= 4 is 17.5 Å². The molecule has 0 aliphatic heterocycles. The van der Waals surface area contributed by atoms with E-state index in [0.717, 1.165) is 11.5 Å². The third kappa shape index (κ3) is 3.91. The molecule has 0 N–H and O–H groups in total. The lowest BCUT2D eigenvalue weighted by Crippen LogP contribution is -2.26. The molecule has 15 heavy (non-hydrogen) atoms. The lowest BCUT2D eigenvalue weighted by Gasteiger charge is -2.14. The minimum Gasteiger partial charge on any atom is -0.361 e. The van der Waals surface area contributed by atoms with Gasteiger partial charge in [0.05, 0.1) is 6.54 Å². The van der Waals surface area contributed by atoms with Gasteiger partial charge in [0.1, 0.15) is 11.5 Å². The lowest BCUT2D eigenvalue weighted by atomic mass is 10.3. The van der Waals surface area contributed by atoms with Gasteiger partial charge in [-0.25, -0.2) is 0 Å². The molecule has 0 aliphatic carbocycles. The zero-order chi connectivity index (χ0) is 11.3. The van der Waals surface area contributed by atoms with Crippen molar-refractivity contribution < 1.29 is 9.32 Å². The SMILES string of the molecule is Cc1cc(CN(C)C(=O)CCCCl)no1. The maximum atomic E-state index is 11.5. The first-order valence-corrected chi connectivity index (χ1v) is 5.39. The fraction of sp³-hybridized carbons (Fsp3) is 0.600. The number of halogens is 1. The van der Waals surface area contributed by atoms with Crippen LogP contribution in [0.2, 0.25) is 0 Å². The Morgan fingerprint density at radius 3 is 2.93 bits per heavy atom. The van der Waals surface area contributed by atoms with E-state index in [1.165, 1.54) is 0 Å². The Hall–Kier alpha value is -1.03. The fourth-order valence-electron chi connectivity index (χ4n) is 1.23. The van der Waals surface area contributed by atoms with E-state index in [1.54, 1.807) is 11.9 Å². The van der Waals surface area contributed by atoms with Gasteiger partial charge in [0, 0.05) is 25.4 Å². The average Bonchev–Trinajstić information content (AvgIpc) is 2.60. The molecule has 1 heterocycles. The molecule has 0 saturated carbocycles. The van der Waals surface area contributed by atoms with Gasteiger partial charge in [-0.2, -0.15) is 0 Å². The molecule has 0 aliphatic rings. The van der Waals surface area contributed by atoms with Crippen LogP contribution in [0.3, 0.4) is 0 Å². The molecule has 0 spiro atoms. The Kier molecular flexibility index (Phi) is 4.62. The summed E-state index contributed by atoms with van der Waals surface area (Å²) in [6.45, 7) is 2.31. The van der Waals surface area contributed by atoms with Crippen LogP contribution < -0.4 is 0 Å². The second-order valence-corrected chi connectivity index (χ2v) is 3.85. The fourth-order valence-corrected chi connectivity index (χ4v) is 1.37. The minimum atomic E-state index is 0.0799. The zero-order valence-electron chi connectivity index (χ0n) is 8.99. The van der Waals surface area contributed by atoms with Gasteiger partial charge in [-0.1, -0.05) is 5.16 Å². The summed E-state index contributed by atoms with van der Waals surface area (Å²) in [6, 6.07) is 1.82. The first-order chi connectivity index (χ1) is 7.13. The Balaban J connectivity index is 2.41. The van der Waals surface area contributed by atoms with Crippen molar-refractivity contribution in [3.8, 4) is 0 Å².